The van der Waals surface area contributed by atoms with E-state index in [1.54, 1.807) is 0 Å². The van der Waals surface area contributed by atoms with Gasteiger partial charge in [0.05, 0.1) is 17.5 Å². The Bertz CT molecular complexity index is 621. The molecule has 2 N–H and O–H groups in total. The number of nitrogens with zero attached hydrogens (tertiary/aromatic N) is 2. The molecule has 1 heterocycles. The molecule has 0 unspecified atom stereocenters. The van der Waals surface area contributed by atoms with E-state index in [0.29, 0.717) is 6.54 Å². The molecule has 2 aromatic rings. The maximum atomic E-state index is 5.88. The summed E-state index contributed by atoms with van der Waals surface area (Å²) in [5.41, 5.74) is 9.93. The number of aromatic nitrogens is 1. The van der Waals surface area contributed by atoms with Crippen LogP contribution in [0.25, 0.3) is 10.9 Å². The molecule has 4 heteroatoms. The van der Waals surface area contributed by atoms with E-state index in [0.717, 1.165) is 33.6 Å². The number of hydrogen-bond donors (Lipinski definition) is 1. The van der Waals surface area contributed by atoms with Gasteiger partial charge in [-0.3, -0.25) is 0 Å². The van der Waals surface area contributed by atoms with Crippen LogP contribution in [0.2, 0.25) is 0 Å². The normalized spacial score (nSPS) is 11.2. The topological polar surface area (TPSA) is 51.4 Å². The van der Waals surface area contributed by atoms with E-state index < -0.39 is 0 Å². The van der Waals surface area contributed by atoms with E-state index in [1.807, 2.05) is 40.1 Å². The number of rotatable bonds is 4. The van der Waals surface area contributed by atoms with Gasteiger partial charge in [0.25, 0.3) is 0 Å². The number of pyridine rings is 1. The molecule has 1 aromatic carbocycles. The molecule has 0 bridgehead atoms. The molecule has 0 radical (unpaired) electrons. The van der Waals surface area contributed by atoms with Gasteiger partial charge in [0.1, 0.15) is 11.3 Å². The number of para-hydroxylation sites is 1. The third-order valence-electron chi connectivity index (χ3n) is 3.29. The van der Waals surface area contributed by atoms with Crippen LogP contribution in [0.1, 0.15) is 25.1 Å². The van der Waals surface area contributed by atoms with Crippen molar-refractivity contribution in [1.29, 1.82) is 0 Å². The first-order valence-electron chi connectivity index (χ1n) is 6.92. The lowest BCUT2D eigenvalue weighted by Gasteiger charge is -2.21. The predicted molar refractivity (Wildman–Crippen MR) is 84.5 cm³/mol. The van der Waals surface area contributed by atoms with Gasteiger partial charge in [-0.25, -0.2) is 4.98 Å². The fraction of sp³-hybridized carbons (Fsp3) is 0.438. The highest BCUT2D eigenvalue weighted by Gasteiger charge is 2.15. The quantitative estimate of drug-likeness (QED) is 0.930. The molecule has 0 spiro atoms. The predicted octanol–water partition coefficient (Wildman–Crippen LogP) is 2.86. The van der Waals surface area contributed by atoms with Gasteiger partial charge in [-0.15, -0.1) is 0 Å². The van der Waals surface area contributed by atoms with Gasteiger partial charge in [-0.1, -0.05) is 12.1 Å². The molecule has 4 nitrogen and oxygen atoms in total. The molecule has 1 aromatic heterocycles. The zero-order valence-electron chi connectivity index (χ0n) is 12.9. The van der Waals surface area contributed by atoms with Crippen LogP contribution in [0.3, 0.4) is 0 Å². The molecule has 108 valence electrons. The number of nitrogens with two attached hydrogens (primary N) is 1. The molecule has 0 saturated heterocycles. The largest absolute Gasteiger partial charge is 0.489 e. The summed E-state index contributed by atoms with van der Waals surface area (Å²) in [6, 6.07) is 6.05. The summed E-state index contributed by atoms with van der Waals surface area (Å²) in [6.07, 6.45) is 0.118. The molecular weight excluding hydrogens is 250 g/mol. The van der Waals surface area contributed by atoms with Gasteiger partial charge in [0.2, 0.25) is 0 Å². The monoisotopic (exact) mass is 273 g/mol. The Morgan fingerprint density at radius 3 is 2.55 bits per heavy atom. The molecule has 20 heavy (non-hydrogen) atoms. The van der Waals surface area contributed by atoms with Crippen molar-refractivity contribution in [1.82, 2.24) is 4.98 Å². The second-order valence-electron chi connectivity index (χ2n) is 5.45. The van der Waals surface area contributed by atoms with Crippen molar-refractivity contribution in [3.05, 3.63) is 29.5 Å². The van der Waals surface area contributed by atoms with Gasteiger partial charge in [0, 0.05) is 26.0 Å². The zero-order valence-corrected chi connectivity index (χ0v) is 12.9. The summed E-state index contributed by atoms with van der Waals surface area (Å²) >= 11 is 0. The Morgan fingerprint density at radius 1 is 1.30 bits per heavy atom. The van der Waals surface area contributed by atoms with E-state index in [2.05, 4.69) is 17.9 Å². The number of anilines is 1. The van der Waals surface area contributed by atoms with E-state index in [1.165, 1.54) is 0 Å². The van der Waals surface area contributed by atoms with Crippen molar-refractivity contribution in [2.45, 2.75) is 33.4 Å². The maximum absolute atomic E-state index is 5.88. The first-order chi connectivity index (χ1) is 9.45. The van der Waals surface area contributed by atoms with Crippen molar-refractivity contribution in [3.8, 4) is 5.75 Å². The Kier molecular flexibility index (Phi) is 4.14. The van der Waals surface area contributed by atoms with E-state index in [-0.39, 0.29) is 6.10 Å². The first kappa shape index (κ1) is 14.6. The summed E-state index contributed by atoms with van der Waals surface area (Å²) in [6.45, 7) is 6.53. The third-order valence-corrected chi connectivity index (χ3v) is 3.29. The number of ether oxygens (including phenoxy) is 1. The van der Waals surface area contributed by atoms with Crippen molar-refractivity contribution in [2.75, 3.05) is 19.0 Å². The van der Waals surface area contributed by atoms with Crippen LogP contribution >= 0.6 is 0 Å². The highest BCUT2D eigenvalue weighted by molar-refractivity contribution is 5.97. The molecule has 2 rings (SSSR count). The number of fused-ring (bicyclic) bond motifs is 1. The number of hydrogen-bond acceptors (Lipinski definition) is 4. The minimum atomic E-state index is 0.118. The third kappa shape index (κ3) is 2.56. The lowest BCUT2D eigenvalue weighted by atomic mass is 10.1. The van der Waals surface area contributed by atoms with E-state index in [9.17, 15) is 0 Å². The Morgan fingerprint density at radius 2 is 2.00 bits per heavy atom. The van der Waals surface area contributed by atoms with Crippen molar-refractivity contribution < 1.29 is 4.74 Å². The van der Waals surface area contributed by atoms with Gasteiger partial charge in [-0.2, -0.15) is 0 Å². The van der Waals surface area contributed by atoms with Crippen LogP contribution in [-0.2, 0) is 6.54 Å². The minimum Gasteiger partial charge on any atom is -0.489 e. The van der Waals surface area contributed by atoms with Crippen molar-refractivity contribution in [2.24, 2.45) is 5.73 Å². The van der Waals surface area contributed by atoms with Crippen molar-refractivity contribution >= 4 is 16.6 Å². The standard InChI is InChI=1S/C16H23N3O/c1-10(2)20-14-8-6-7-12-15(14)18-13(9-17)11(3)16(12)19(4)5/h6-8,10H,9,17H2,1-5H3. The van der Waals surface area contributed by atoms with Gasteiger partial charge >= 0.3 is 0 Å². The molecule has 0 aliphatic heterocycles. The van der Waals surface area contributed by atoms with Crippen LogP contribution < -0.4 is 15.4 Å². The van der Waals surface area contributed by atoms with Crippen LogP contribution in [0.4, 0.5) is 5.69 Å². The highest BCUT2D eigenvalue weighted by Crippen LogP contribution is 2.34. The Hall–Kier alpha value is -1.81. The lowest BCUT2D eigenvalue weighted by Crippen LogP contribution is -2.15. The summed E-state index contributed by atoms with van der Waals surface area (Å²) in [5.74, 6) is 0.815. The second-order valence-corrected chi connectivity index (χ2v) is 5.45. The number of benzene rings is 1. The van der Waals surface area contributed by atoms with E-state index in [4.69, 9.17) is 15.5 Å². The average molecular weight is 273 g/mol. The van der Waals surface area contributed by atoms with Crippen LogP contribution in [0, 0.1) is 6.92 Å². The molecule has 0 fully saturated rings. The maximum Gasteiger partial charge on any atom is 0.145 e. The van der Waals surface area contributed by atoms with Crippen LogP contribution in [0.5, 0.6) is 5.75 Å². The van der Waals surface area contributed by atoms with Gasteiger partial charge < -0.3 is 15.4 Å². The van der Waals surface area contributed by atoms with Gasteiger partial charge in [-0.05, 0) is 32.4 Å². The highest BCUT2D eigenvalue weighted by atomic mass is 16.5. The van der Waals surface area contributed by atoms with Crippen LogP contribution in [0.15, 0.2) is 18.2 Å². The molecule has 0 aliphatic carbocycles. The summed E-state index contributed by atoms with van der Waals surface area (Å²) in [7, 11) is 4.08. The summed E-state index contributed by atoms with van der Waals surface area (Å²) in [5, 5.41) is 1.10. The second kappa shape index (κ2) is 5.67. The van der Waals surface area contributed by atoms with Crippen LogP contribution in [-0.4, -0.2) is 25.2 Å². The molecule has 0 amide bonds. The van der Waals surface area contributed by atoms with Gasteiger partial charge in [0.15, 0.2) is 0 Å². The lowest BCUT2D eigenvalue weighted by molar-refractivity contribution is 0.245. The summed E-state index contributed by atoms with van der Waals surface area (Å²) in [4.78, 5) is 6.82. The smallest absolute Gasteiger partial charge is 0.145 e. The molecule has 0 aliphatic rings. The minimum absolute atomic E-state index is 0.118. The molecular formula is C16H23N3O. The van der Waals surface area contributed by atoms with E-state index >= 15 is 0 Å². The molecule has 0 saturated carbocycles. The zero-order chi connectivity index (χ0) is 14.9. The fourth-order valence-corrected chi connectivity index (χ4v) is 2.51. The fourth-order valence-electron chi connectivity index (χ4n) is 2.51. The average Bonchev–Trinajstić information content (AvgIpc) is 2.37. The Balaban J connectivity index is 2.79. The first-order valence-corrected chi connectivity index (χ1v) is 6.92. The summed E-state index contributed by atoms with van der Waals surface area (Å²) < 4.78 is 5.88. The molecule has 0 atom stereocenters. The Labute approximate surface area is 120 Å². The SMILES string of the molecule is Cc1c(CN)nc2c(OC(C)C)cccc2c1N(C)C. The van der Waals surface area contributed by atoms with Crippen molar-refractivity contribution in [3.63, 3.8) is 0 Å².